The van der Waals surface area contributed by atoms with E-state index in [2.05, 4.69) is 124 Å². The van der Waals surface area contributed by atoms with Crippen molar-refractivity contribution in [3.63, 3.8) is 0 Å². The molecule has 39 heavy (non-hydrogen) atoms. The van der Waals surface area contributed by atoms with Gasteiger partial charge in [0.25, 0.3) is 0 Å². The van der Waals surface area contributed by atoms with Crippen molar-refractivity contribution in [2.75, 3.05) is 0 Å². The molecule has 0 saturated carbocycles. The normalized spacial score (nSPS) is 13.7. The van der Waals surface area contributed by atoms with Crippen LogP contribution >= 0.6 is 0 Å². The van der Waals surface area contributed by atoms with Crippen LogP contribution in [0.4, 0.5) is 0 Å². The van der Waals surface area contributed by atoms with E-state index in [0.29, 0.717) is 11.1 Å². The van der Waals surface area contributed by atoms with Gasteiger partial charge in [0.1, 0.15) is 0 Å². The molecule has 2 heteroatoms. The second kappa shape index (κ2) is 12.0. The van der Waals surface area contributed by atoms with Gasteiger partial charge in [-0.05, 0) is 71.2 Å². The van der Waals surface area contributed by atoms with E-state index < -0.39 is 8.07 Å². The summed E-state index contributed by atoms with van der Waals surface area (Å²) in [6.07, 6.45) is 8.95. The van der Waals surface area contributed by atoms with E-state index in [-0.39, 0.29) is 21.7 Å². The molecule has 0 heterocycles. The van der Waals surface area contributed by atoms with E-state index in [4.69, 9.17) is 0 Å². The molecule has 6 rings (SSSR count). The largest absolute Gasteiger partial charge is 0.0859 e. The van der Waals surface area contributed by atoms with Gasteiger partial charge >= 0.3 is 0 Å². The molecule has 0 saturated heterocycles. The van der Waals surface area contributed by atoms with Crippen molar-refractivity contribution in [3.05, 3.63) is 131 Å². The molecular weight excluding hydrogens is 520 g/mol. The maximum absolute atomic E-state index is 2.75. The van der Waals surface area contributed by atoms with Crippen LogP contribution in [0.25, 0.3) is 22.3 Å². The van der Waals surface area contributed by atoms with E-state index in [0.717, 1.165) is 0 Å². The standard InChI is InChI=1S/C37H40Si.Ti/c1-27(2)17-7-5-4-6-16-26-38(3,36-32-22-12-8-18-28(32)29-19-9-13-23-33(29)36)37-34-24-14-10-20-30(34)31-21-11-15-25-35(31)37;/h8-15,17-25,36-37H,4-7,16,26H2,1-3H3;. The first-order valence-electron chi connectivity index (χ1n) is 14.6. The molecule has 0 aromatic heterocycles. The molecule has 0 atom stereocenters. The molecule has 196 valence electrons. The zero-order chi connectivity index (χ0) is 26.1. The fraction of sp³-hybridized carbons (Fsp3) is 0.297. The van der Waals surface area contributed by atoms with Gasteiger partial charge in [0.15, 0.2) is 0 Å². The number of fused-ring (bicyclic) bond motifs is 6. The summed E-state index contributed by atoms with van der Waals surface area (Å²) in [7, 11) is -1.99. The Morgan fingerprint density at radius 3 is 1.31 bits per heavy atom. The minimum Gasteiger partial charge on any atom is -0.0859 e. The summed E-state index contributed by atoms with van der Waals surface area (Å²) in [5.74, 6) is 0. The first kappa shape index (κ1) is 28.1. The minimum absolute atomic E-state index is 0. The summed E-state index contributed by atoms with van der Waals surface area (Å²) < 4.78 is 0. The third-order valence-corrected chi connectivity index (χ3v) is 14.5. The van der Waals surface area contributed by atoms with Crippen molar-refractivity contribution < 1.29 is 21.7 Å². The quantitative estimate of drug-likeness (QED) is 0.109. The van der Waals surface area contributed by atoms with Crippen molar-refractivity contribution in [2.45, 2.75) is 69.6 Å². The summed E-state index contributed by atoms with van der Waals surface area (Å²) in [6, 6.07) is 38.6. The zero-order valence-electron chi connectivity index (χ0n) is 23.7. The molecule has 2 aliphatic rings. The molecule has 0 nitrogen and oxygen atoms in total. The summed E-state index contributed by atoms with van der Waals surface area (Å²) in [5.41, 5.74) is 14.7. The molecular formula is C37H40SiTi. The van der Waals surface area contributed by atoms with Crippen molar-refractivity contribution in [3.8, 4) is 22.3 Å². The Balaban J connectivity index is 0.00000308. The maximum atomic E-state index is 2.75. The van der Waals surface area contributed by atoms with Crippen LogP contribution in [0.2, 0.25) is 12.6 Å². The first-order chi connectivity index (χ1) is 18.6. The number of benzene rings is 4. The Morgan fingerprint density at radius 1 is 0.564 bits per heavy atom. The summed E-state index contributed by atoms with van der Waals surface area (Å²) in [6.45, 7) is 7.18. The van der Waals surface area contributed by atoms with Gasteiger partial charge in [-0.15, -0.1) is 0 Å². The molecule has 4 aromatic carbocycles. The molecule has 4 aromatic rings. The number of allylic oxidation sites excluding steroid dienone is 2. The first-order valence-corrected chi connectivity index (χ1v) is 17.5. The molecule has 0 bridgehead atoms. The van der Waals surface area contributed by atoms with Crippen LogP contribution in [0, 0.1) is 0 Å². The van der Waals surface area contributed by atoms with Gasteiger partial charge in [0.2, 0.25) is 0 Å². The Hall–Kier alpha value is -2.45. The Labute approximate surface area is 251 Å². The predicted molar refractivity (Wildman–Crippen MR) is 166 cm³/mol. The Morgan fingerprint density at radius 2 is 0.923 bits per heavy atom. The van der Waals surface area contributed by atoms with Gasteiger partial charge in [-0.25, -0.2) is 0 Å². The monoisotopic (exact) mass is 560 g/mol. The van der Waals surface area contributed by atoms with Gasteiger partial charge in [-0.3, -0.25) is 0 Å². The number of hydrogen-bond donors (Lipinski definition) is 0. The van der Waals surface area contributed by atoms with Crippen molar-refractivity contribution in [2.24, 2.45) is 0 Å². The second-order valence-electron chi connectivity index (χ2n) is 12.0. The molecule has 0 fully saturated rings. The van der Waals surface area contributed by atoms with Crippen molar-refractivity contribution >= 4 is 8.07 Å². The third-order valence-electron chi connectivity index (χ3n) is 9.21. The van der Waals surface area contributed by atoms with Gasteiger partial charge in [-0.1, -0.05) is 141 Å². The van der Waals surface area contributed by atoms with E-state index >= 15 is 0 Å². The molecule has 0 spiro atoms. The van der Waals surface area contributed by atoms with Gasteiger partial charge in [-0.2, -0.15) is 0 Å². The molecule has 0 aliphatic heterocycles. The Kier molecular flexibility index (Phi) is 8.62. The molecule has 0 amide bonds. The van der Waals surface area contributed by atoms with Crippen LogP contribution in [0.1, 0.15) is 79.3 Å². The van der Waals surface area contributed by atoms with Gasteiger partial charge in [0.05, 0.1) is 8.07 Å². The van der Waals surface area contributed by atoms with Crippen LogP contribution in [-0.2, 0) is 21.7 Å². The summed E-state index contributed by atoms with van der Waals surface area (Å²) >= 11 is 0. The molecule has 2 aliphatic carbocycles. The number of unbranched alkanes of at least 4 members (excludes halogenated alkanes) is 4. The van der Waals surface area contributed by atoms with Crippen LogP contribution < -0.4 is 0 Å². The van der Waals surface area contributed by atoms with Gasteiger partial charge < -0.3 is 0 Å². The molecule has 0 N–H and O–H groups in total. The molecule has 0 radical (unpaired) electrons. The topological polar surface area (TPSA) is 0 Å². The fourth-order valence-corrected chi connectivity index (χ4v) is 13.4. The average molecular weight is 561 g/mol. The van der Waals surface area contributed by atoms with Crippen LogP contribution in [0.15, 0.2) is 109 Å². The summed E-state index contributed by atoms with van der Waals surface area (Å²) in [5, 5.41) is 0. The van der Waals surface area contributed by atoms with Crippen LogP contribution in [0.3, 0.4) is 0 Å². The van der Waals surface area contributed by atoms with E-state index in [1.165, 1.54) is 66.0 Å². The smallest absolute Gasteiger partial charge is 0.0761 e. The van der Waals surface area contributed by atoms with Crippen molar-refractivity contribution in [1.29, 1.82) is 0 Å². The number of hydrogen-bond acceptors (Lipinski definition) is 0. The third kappa shape index (κ3) is 5.10. The molecule has 0 unspecified atom stereocenters. The minimum atomic E-state index is -1.99. The summed E-state index contributed by atoms with van der Waals surface area (Å²) in [4.78, 5) is 0. The number of rotatable bonds is 9. The fourth-order valence-electron chi connectivity index (χ4n) is 7.58. The van der Waals surface area contributed by atoms with Crippen LogP contribution in [-0.4, -0.2) is 8.07 Å². The van der Waals surface area contributed by atoms with E-state index in [9.17, 15) is 0 Å². The maximum Gasteiger partial charge on any atom is 0.0761 e. The Bertz CT molecular complexity index is 1290. The van der Waals surface area contributed by atoms with Crippen LogP contribution in [0.5, 0.6) is 0 Å². The predicted octanol–water partition coefficient (Wildman–Crippen LogP) is 10.7. The van der Waals surface area contributed by atoms with Crippen molar-refractivity contribution in [1.82, 2.24) is 0 Å². The zero-order valence-corrected chi connectivity index (χ0v) is 26.3. The van der Waals surface area contributed by atoms with E-state index in [1.807, 2.05) is 0 Å². The van der Waals surface area contributed by atoms with Gasteiger partial charge in [0, 0.05) is 32.8 Å². The SMILES string of the molecule is CC(C)=CCCCCCC[Si](C)(C1c2ccccc2-c2ccccc21)C1c2ccccc2-c2ccccc21.[Ti]. The second-order valence-corrected chi connectivity index (χ2v) is 16.6. The van der Waals surface area contributed by atoms with E-state index in [1.54, 1.807) is 22.3 Å². The average Bonchev–Trinajstić information content (AvgIpc) is 3.46.